The lowest BCUT2D eigenvalue weighted by atomic mass is 9.97. The molecule has 3 nitrogen and oxygen atoms in total. The monoisotopic (exact) mass is 285 g/mol. The van der Waals surface area contributed by atoms with Gasteiger partial charge in [0.25, 0.3) is 0 Å². The number of nitrogens with zero attached hydrogens (tertiary/aromatic N) is 1. The van der Waals surface area contributed by atoms with Crippen LogP contribution in [-0.4, -0.2) is 38.1 Å². The van der Waals surface area contributed by atoms with Gasteiger partial charge in [0.2, 0.25) is 0 Å². The molecule has 0 bridgehead atoms. The number of fused-ring (bicyclic) bond motifs is 1. The van der Waals surface area contributed by atoms with Gasteiger partial charge in [-0.15, -0.1) is 0 Å². The summed E-state index contributed by atoms with van der Waals surface area (Å²) in [4.78, 5) is 2.58. The van der Waals surface area contributed by atoms with Crippen molar-refractivity contribution in [1.29, 1.82) is 0 Å². The van der Waals surface area contributed by atoms with Crippen molar-refractivity contribution in [3.63, 3.8) is 0 Å². The molecule has 1 fully saturated rings. The first kappa shape index (κ1) is 16.0. The molecular weight excluding hydrogens is 258 g/mol. The third kappa shape index (κ3) is 3.82. The highest BCUT2D eigenvalue weighted by Gasteiger charge is 2.23. The van der Waals surface area contributed by atoms with Crippen molar-refractivity contribution in [3.05, 3.63) is 52.6 Å². The topological polar surface area (TPSA) is 41.3 Å². The second-order valence-corrected chi connectivity index (χ2v) is 5.61. The first-order chi connectivity index (χ1) is 10.2. The Labute approximate surface area is 128 Å². The minimum absolute atomic E-state index is 0.424. The van der Waals surface area contributed by atoms with Crippen LogP contribution >= 0.6 is 0 Å². The van der Waals surface area contributed by atoms with Gasteiger partial charge in [-0.3, -0.25) is 4.90 Å². The van der Waals surface area contributed by atoms with E-state index in [9.17, 15) is 0 Å². The SMILES string of the molecule is CC1=CC(N2CCNCC2)c2ccc(C)cc2C=C1.CN. The maximum atomic E-state index is 4.50. The Balaban J connectivity index is 0.000000774. The molecule has 3 heteroatoms. The molecule has 0 amide bonds. The maximum Gasteiger partial charge on any atom is 0.0544 e. The number of nitrogens with one attached hydrogen (secondary N) is 1. The summed E-state index contributed by atoms with van der Waals surface area (Å²) in [5.74, 6) is 0. The van der Waals surface area contributed by atoms with Gasteiger partial charge in [0.15, 0.2) is 0 Å². The molecular formula is C18H27N3. The van der Waals surface area contributed by atoms with Crippen molar-refractivity contribution in [2.24, 2.45) is 5.73 Å². The van der Waals surface area contributed by atoms with Crippen LogP contribution < -0.4 is 11.1 Å². The van der Waals surface area contributed by atoms with E-state index < -0.39 is 0 Å². The number of hydrogen-bond donors (Lipinski definition) is 2. The van der Waals surface area contributed by atoms with Crippen LogP contribution in [0.3, 0.4) is 0 Å². The quantitative estimate of drug-likeness (QED) is 0.833. The van der Waals surface area contributed by atoms with Crippen LogP contribution in [0.4, 0.5) is 0 Å². The van der Waals surface area contributed by atoms with E-state index in [-0.39, 0.29) is 0 Å². The van der Waals surface area contributed by atoms with Gasteiger partial charge in [0.1, 0.15) is 0 Å². The maximum absolute atomic E-state index is 4.50. The molecule has 2 aliphatic rings. The molecule has 1 aromatic carbocycles. The molecule has 0 spiro atoms. The number of aryl methyl sites for hydroxylation is 1. The van der Waals surface area contributed by atoms with Gasteiger partial charge in [0.05, 0.1) is 6.04 Å². The van der Waals surface area contributed by atoms with Gasteiger partial charge in [-0.05, 0) is 32.0 Å². The average molecular weight is 285 g/mol. The molecule has 1 aliphatic carbocycles. The van der Waals surface area contributed by atoms with Crippen molar-refractivity contribution >= 4 is 6.08 Å². The molecule has 1 aliphatic heterocycles. The lowest BCUT2D eigenvalue weighted by Gasteiger charge is -2.34. The van der Waals surface area contributed by atoms with Gasteiger partial charge in [-0.1, -0.05) is 47.6 Å². The van der Waals surface area contributed by atoms with Gasteiger partial charge in [-0.25, -0.2) is 0 Å². The van der Waals surface area contributed by atoms with E-state index in [4.69, 9.17) is 0 Å². The molecule has 3 rings (SSSR count). The highest BCUT2D eigenvalue weighted by molar-refractivity contribution is 5.61. The third-order valence-corrected chi connectivity index (χ3v) is 4.05. The number of hydrogen-bond acceptors (Lipinski definition) is 3. The van der Waals surface area contributed by atoms with Gasteiger partial charge >= 0.3 is 0 Å². The van der Waals surface area contributed by atoms with Crippen molar-refractivity contribution < 1.29 is 0 Å². The summed E-state index contributed by atoms with van der Waals surface area (Å²) in [6, 6.07) is 7.26. The number of benzene rings is 1. The van der Waals surface area contributed by atoms with Crippen LogP contribution in [0, 0.1) is 6.92 Å². The highest BCUT2D eigenvalue weighted by atomic mass is 15.2. The zero-order valence-corrected chi connectivity index (χ0v) is 13.4. The molecule has 1 heterocycles. The largest absolute Gasteiger partial charge is 0.333 e. The zero-order valence-electron chi connectivity index (χ0n) is 13.4. The number of rotatable bonds is 1. The Morgan fingerprint density at radius 2 is 1.81 bits per heavy atom. The molecule has 0 aromatic heterocycles. The van der Waals surface area contributed by atoms with E-state index in [1.54, 1.807) is 0 Å². The van der Waals surface area contributed by atoms with Crippen molar-refractivity contribution in [2.45, 2.75) is 19.9 Å². The second-order valence-electron chi connectivity index (χ2n) is 5.61. The fourth-order valence-corrected chi connectivity index (χ4v) is 2.99. The first-order valence-electron chi connectivity index (χ1n) is 7.73. The summed E-state index contributed by atoms with van der Waals surface area (Å²) in [6.45, 7) is 8.81. The van der Waals surface area contributed by atoms with Crippen LogP contribution in [0.1, 0.15) is 29.7 Å². The van der Waals surface area contributed by atoms with Crippen LogP contribution in [0.2, 0.25) is 0 Å². The van der Waals surface area contributed by atoms with Crippen LogP contribution in [0.5, 0.6) is 0 Å². The average Bonchev–Trinajstić information content (AvgIpc) is 2.69. The summed E-state index contributed by atoms with van der Waals surface area (Å²) in [6.07, 6.45) is 6.90. The summed E-state index contributed by atoms with van der Waals surface area (Å²) >= 11 is 0. The Bertz CT molecular complexity index is 525. The zero-order chi connectivity index (χ0) is 15.2. The Morgan fingerprint density at radius 1 is 1.10 bits per heavy atom. The molecule has 0 radical (unpaired) electrons. The standard InChI is InChI=1S/C17H22N2.CH5N/c1-13-4-6-16-15(11-13)5-3-14(2)12-17(16)19-9-7-18-8-10-19;1-2/h3-6,11-12,17-18H,7-10H2,1-2H3;2H2,1H3. The van der Waals surface area contributed by atoms with E-state index in [0.717, 1.165) is 26.2 Å². The summed E-state index contributed by atoms with van der Waals surface area (Å²) in [5, 5.41) is 3.44. The lowest BCUT2D eigenvalue weighted by molar-refractivity contribution is 0.203. The van der Waals surface area contributed by atoms with Crippen molar-refractivity contribution in [1.82, 2.24) is 10.2 Å². The Hall–Kier alpha value is -1.42. The molecule has 1 aromatic rings. The van der Waals surface area contributed by atoms with Gasteiger partial charge in [-0.2, -0.15) is 0 Å². The molecule has 21 heavy (non-hydrogen) atoms. The molecule has 0 saturated carbocycles. The third-order valence-electron chi connectivity index (χ3n) is 4.05. The van der Waals surface area contributed by atoms with E-state index in [0.29, 0.717) is 6.04 Å². The fraction of sp³-hybridized carbons (Fsp3) is 0.444. The van der Waals surface area contributed by atoms with E-state index in [2.05, 4.69) is 66.2 Å². The van der Waals surface area contributed by atoms with Gasteiger partial charge < -0.3 is 11.1 Å². The Morgan fingerprint density at radius 3 is 2.52 bits per heavy atom. The van der Waals surface area contributed by atoms with Crippen LogP contribution in [-0.2, 0) is 0 Å². The smallest absolute Gasteiger partial charge is 0.0544 e. The predicted molar refractivity (Wildman–Crippen MR) is 91.3 cm³/mol. The van der Waals surface area contributed by atoms with Crippen molar-refractivity contribution in [3.8, 4) is 0 Å². The molecule has 114 valence electrons. The molecule has 1 unspecified atom stereocenters. The second kappa shape index (κ2) is 7.55. The normalized spacial score (nSPS) is 21.7. The van der Waals surface area contributed by atoms with Crippen molar-refractivity contribution in [2.75, 3.05) is 33.2 Å². The predicted octanol–water partition coefficient (Wildman–Crippen LogP) is 2.49. The highest BCUT2D eigenvalue weighted by Crippen LogP contribution is 2.31. The van der Waals surface area contributed by atoms with Crippen LogP contribution in [0.25, 0.3) is 6.08 Å². The summed E-state index contributed by atoms with van der Waals surface area (Å²) in [5.41, 5.74) is 10.0. The molecule has 1 saturated heterocycles. The van der Waals surface area contributed by atoms with Gasteiger partial charge in [0, 0.05) is 26.2 Å². The first-order valence-corrected chi connectivity index (χ1v) is 7.73. The fourth-order valence-electron chi connectivity index (χ4n) is 2.99. The summed E-state index contributed by atoms with van der Waals surface area (Å²) < 4.78 is 0. The number of allylic oxidation sites excluding steroid dienone is 2. The minimum Gasteiger partial charge on any atom is -0.333 e. The Kier molecular flexibility index (Phi) is 5.74. The number of nitrogens with two attached hydrogens (primary N) is 1. The number of piperazine rings is 1. The van der Waals surface area contributed by atoms with E-state index in [1.807, 2.05) is 0 Å². The molecule has 1 atom stereocenters. The van der Waals surface area contributed by atoms with E-state index >= 15 is 0 Å². The minimum atomic E-state index is 0.424. The van der Waals surface area contributed by atoms with E-state index in [1.165, 1.54) is 29.3 Å². The van der Waals surface area contributed by atoms with Crippen LogP contribution in [0.15, 0.2) is 35.9 Å². The summed E-state index contributed by atoms with van der Waals surface area (Å²) in [7, 11) is 1.50. The lowest BCUT2D eigenvalue weighted by Crippen LogP contribution is -2.44. The molecule has 3 N–H and O–H groups in total.